The Morgan fingerprint density at radius 3 is 2.36 bits per heavy atom. The van der Waals surface area contributed by atoms with Gasteiger partial charge >= 0.3 is 0 Å². The first-order chi connectivity index (χ1) is 17.3. The van der Waals surface area contributed by atoms with Crippen molar-refractivity contribution in [1.29, 1.82) is 0 Å². The summed E-state index contributed by atoms with van der Waals surface area (Å²) in [5.74, 6) is -1.53. The van der Waals surface area contributed by atoms with E-state index in [1.165, 1.54) is 18.2 Å². The second-order valence-electron chi connectivity index (χ2n) is 9.01. The Morgan fingerprint density at radius 2 is 1.67 bits per heavy atom. The van der Waals surface area contributed by atoms with Crippen LogP contribution in [0.4, 0.5) is 8.78 Å². The maximum Gasteiger partial charge on any atom is 0.295 e. The number of fused-ring (bicyclic) bond motifs is 2. The number of benzene rings is 3. The lowest BCUT2D eigenvalue weighted by Crippen LogP contribution is -2.32. The van der Waals surface area contributed by atoms with Crippen molar-refractivity contribution in [3.05, 3.63) is 66.2 Å². The standard InChI is InChI=1S/C26H22F2N2O5S/c1-36(31,32)17-8-6-15(7-9-17)14-2-4-16(5-3-14)22-18(27)12-19-24(23(22)28)30-26(29-19)35-21-13-34-20-10-11-33-25(20)21/h2-9,12,20-21,25H,10-11,13H2,1H3,(H,29,30). The summed E-state index contributed by atoms with van der Waals surface area (Å²) in [7, 11) is -3.29. The molecule has 0 radical (unpaired) electrons. The minimum atomic E-state index is -3.29. The normalized spacial score (nSPS) is 21.7. The van der Waals surface area contributed by atoms with E-state index in [-0.39, 0.29) is 45.8 Å². The van der Waals surface area contributed by atoms with Gasteiger partial charge in [-0.2, -0.15) is 4.98 Å². The monoisotopic (exact) mass is 512 g/mol. The van der Waals surface area contributed by atoms with Crippen LogP contribution >= 0.6 is 0 Å². The number of nitrogens with one attached hydrogen (secondary N) is 1. The summed E-state index contributed by atoms with van der Waals surface area (Å²) in [6.45, 7) is 0.946. The molecule has 0 aliphatic carbocycles. The lowest BCUT2D eigenvalue weighted by Gasteiger charge is -2.15. The van der Waals surface area contributed by atoms with Gasteiger partial charge in [-0.1, -0.05) is 36.4 Å². The van der Waals surface area contributed by atoms with Crippen molar-refractivity contribution in [3.63, 3.8) is 0 Å². The number of aromatic amines is 1. The summed E-state index contributed by atoms with van der Waals surface area (Å²) in [5.41, 5.74) is 1.88. The molecule has 4 aromatic rings. The van der Waals surface area contributed by atoms with Crippen LogP contribution < -0.4 is 4.74 Å². The lowest BCUT2D eigenvalue weighted by molar-refractivity contribution is 0.0273. The van der Waals surface area contributed by atoms with Crippen LogP contribution in [0.5, 0.6) is 6.01 Å². The molecule has 1 aromatic heterocycles. The van der Waals surface area contributed by atoms with Crippen LogP contribution in [0.2, 0.25) is 0 Å². The third-order valence-electron chi connectivity index (χ3n) is 6.62. The molecule has 2 aliphatic rings. The number of H-pyrrole nitrogens is 1. The number of hydrogen-bond acceptors (Lipinski definition) is 6. The molecule has 0 spiro atoms. The molecule has 0 saturated carbocycles. The van der Waals surface area contributed by atoms with Gasteiger partial charge in [0.2, 0.25) is 0 Å². The van der Waals surface area contributed by atoms with Crippen molar-refractivity contribution in [2.75, 3.05) is 19.5 Å². The number of imidazole rings is 1. The average Bonchev–Trinajstić information content (AvgIpc) is 3.57. The molecule has 3 heterocycles. The smallest absolute Gasteiger partial charge is 0.295 e. The average molecular weight is 513 g/mol. The van der Waals surface area contributed by atoms with E-state index in [0.717, 1.165) is 23.8 Å². The third kappa shape index (κ3) is 4.04. The molecular weight excluding hydrogens is 490 g/mol. The van der Waals surface area contributed by atoms with Gasteiger partial charge in [-0.05, 0) is 35.2 Å². The molecule has 186 valence electrons. The van der Waals surface area contributed by atoms with E-state index in [4.69, 9.17) is 14.2 Å². The second-order valence-corrected chi connectivity index (χ2v) is 11.0. The molecule has 7 nitrogen and oxygen atoms in total. The molecule has 1 N–H and O–H groups in total. The van der Waals surface area contributed by atoms with E-state index in [2.05, 4.69) is 9.97 Å². The fourth-order valence-corrected chi connectivity index (χ4v) is 5.41. The predicted octanol–water partition coefficient (Wildman–Crippen LogP) is 4.51. The van der Waals surface area contributed by atoms with Crippen molar-refractivity contribution in [1.82, 2.24) is 9.97 Å². The third-order valence-corrected chi connectivity index (χ3v) is 7.75. The first kappa shape index (κ1) is 23.1. The summed E-state index contributed by atoms with van der Waals surface area (Å²) in [6, 6.07) is 14.4. The highest BCUT2D eigenvalue weighted by molar-refractivity contribution is 7.90. The van der Waals surface area contributed by atoms with Crippen LogP contribution in [0.3, 0.4) is 0 Å². The Labute approximate surface area is 205 Å². The minimum Gasteiger partial charge on any atom is -0.456 e. The molecule has 2 fully saturated rings. The van der Waals surface area contributed by atoms with Crippen molar-refractivity contribution < 1.29 is 31.4 Å². The van der Waals surface area contributed by atoms with Gasteiger partial charge in [0.05, 0.1) is 28.7 Å². The van der Waals surface area contributed by atoms with Crippen LogP contribution in [-0.4, -0.2) is 56.2 Å². The number of halogens is 2. The van der Waals surface area contributed by atoms with Gasteiger partial charge in [-0.25, -0.2) is 17.2 Å². The minimum absolute atomic E-state index is 0.0132. The maximum absolute atomic E-state index is 15.5. The topological polar surface area (TPSA) is 90.5 Å². The van der Waals surface area contributed by atoms with Gasteiger partial charge in [0.1, 0.15) is 17.4 Å². The highest BCUT2D eigenvalue weighted by atomic mass is 32.2. The largest absolute Gasteiger partial charge is 0.456 e. The Bertz CT molecular complexity index is 1550. The number of aromatic nitrogens is 2. The Morgan fingerprint density at radius 1 is 1.00 bits per heavy atom. The van der Waals surface area contributed by atoms with Gasteiger partial charge in [0.25, 0.3) is 6.01 Å². The van der Waals surface area contributed by atoms with Crippen LogP contribution in [-0.2, 0) is 19.3 Å². The van der Waals surface area contributed by atoms with Gasteiger partial charge in [-0.3, -0.25) is 0 Å². The van der Waals surface area contributed by atoms with Gasteiger partial charge < -0.3 is 19.2 Å². The second kappa shape index (κ2) is 8.65. The van der Waals surface area contributed by atoms with Crippen LogP contribution in [0.15, 0.2) is 59.5 Å². The van der Waals surface area contributed by atoms with Crippen LogP contribution in [0.1, 0.15) is 6.42 Å². The zero-order valence-electron chi connectivity index (χ0n) is 19.2. The number of hydrogen-bond donors (Lipinski definition) is 1. The van der Waals surface area contributed by atoms with Crippen molar-refractivity contribution in [2.24, 2.45) is 0 Å². The first-order valence-corrected chi connectivity index (χ1v) is 13.4. The number of sulfone groups is 1. The van der Waals surface area contributed by atoms with Gasteiger partial charge in [0, 0.05) is 18.9 Å². The molecular formula is C26H22F2N2O5S. The molecule has 10 heteroatoms. The lowest BCUT2D eigenvalue weighted by atomic mass is 9.99. The Kier molecular flexibility index (Phi) is 5.55. The maximum atomic E-state index is 15.5. The van der Waals surface area contributed by atoms with Crippen LogP contribution in [0.25, 0.3) is 33.3 Å². The van der Waals surface area contributed by atoms with Crippen LogP contribution in [0, 0.1) is 11.6 Å². The van der Waals surface area contributed by atoms with E-state index in [1.54, 1.807) is 36.4 Å². The van der Waals surface area contributed by atoms with E-state index in [0.29, 0.717) is 18.8 Å². The fourth-order valence-electron chi connectivity index (χ4n) is 4.78. The van der Waals surface area contributed by atoms with Crippen molar-refractivity contribution in [2.45, 2.75) is 29.6 Å². The molecule has 0 amide bonds. The molecule has 6 rings (SSSR count). The van der Waals surface area contributed by atoms with E-state index in [9.17, 15) is 8.42 Å². The summed E-state index contributed by atoms with van der Waals surface area (Å²) < 4.78 is 71.0. The molecule has 0 bridgehead atoms. The molecule has 2 aliphatic heterocycles. The van der Waals surface area contributed by atoms with Crippen molar-refractivity contribution in [3.8, 4) is 28.3 Å². The number of rotatable bonds is 5. The zero-order chi connectivity index (χ0) is 25.0. The summed E-state index contributed by atoms with van der Waals surface area (Å²) in [6.07, 6.45) is 1.37. The van der Waals surface area contributed by atoms with E-state index >= 15 is 8.78 Å². The van der Waals surface area contributed by atoms with E-state index in [1.807, 2.05) is 0 Å². The molecule has 3 unspecified atom stereocenters. The highest BCUT2D eigenvalue weighted by Gasteiger charge is 2.43. The van der Waals surface area contributed by atoms with Gasteiger partial charge in [-0.15, -0.1) is 0 Å². The Hall–Kier alpha value is -3.34. The zero-order valence-corrected chi connectivity index (χ0v) is 20.0. The molecule has 3 atom stereocenters. The summed E-state index contributed by atoms with van der Waals surface area (Å²) in [5, 5.41) is 0. The first-order valence-electron chi connectivity index (χ1n) is 11.5. The summed E-state index contributed by atoms with van der Waals surface area (Å²) >= 11 is 0. The van der Waals surface area contributed by atoms with Gasteiger partial charge in [0.15, 0.2) is 21.8 Å². The number of nitrogens with zero attached hydrogens (tertiary/aromatic N) is 1. The molecule has 2 saturated heterocycles. The SMILES string of the molecule is CS(=O)(=O)c1ccc(-c2ccc(-c3c(F)cc4[nH]c(OC5COC6CCOC65)nc4c3F)cc2)cc1. The Balaban J connectivity index is 1.28. The molecule has 36 heavy (non-hydrogen) atoms. The van der Waals surface area contributed by atoms with Crippen molar-refractivity contribution >= 4 is 20.9 Å². The quantitative estimate of drug-likeness (QED) is 0.423. The molecule has 3 aromatic carbocycles. The predicted molar refractivity (Wildman–Crippen MR) is 129 cm³/mol. The fraction of sp³-hybridized carbons (Fsp3) is 0.269. The van der Waals surface area contributed by atoms with E-state index < -0.39 is 21.5 Å². The number of ether oxygens (including phenoxy) is 3. The highest BCUT2D eigenvalue weighted by Crippen LogP contribution is 2.34. The summed E-state index contributed by atoms with van der Waals surface area (Å²) in [4.78, 5) is 7.29.